The maximum absolute atomic E-state index is 5.99. The largest absolute Gasteiger partial charge is 0.318 e. The van der Waals surface area contributed by atoms with Crippen molar-refractivity contribution < 1.29 is 0 Å². The zero-order valence-electron chi connectivity index (χ0n) is 8.42. The second-order valence-corrected chi connectivity index (χ2v) is 4.58. The third kappa shape index (κ3) is 4.62. The summed E-state index contributed by atoms with van der Waals surface area (Å²) in [6.45, 7) is 2.99. The van der Waals surface area contributed by atoms with Crippen molar-refractivity contribution in [2.75, 3.05) is 27.2 Å². The Balaban J connectivity index is 0.00000169. The molecule has 1 heterocycles. The van der Waals surface area contributed by atoms with Gasteiger partial charge < -0.3 is 10.2 Å². The molecule has 0 aliphatic rings. The van der Waals surface area contributed by atoms with Crippen LogP contribution in [0.4, 0.5) is 0 Å². The number of hydrogen-bond acceptors (Lipinski definition) is 3. The Morgan fingerprint density at radius 2 is 2.29 bits per heavy atom. The van der Waals surface area contributed by atoms with Gasteiger partial charge in [-0.1, -0.05) is 11.6 Å². The number of likely N-dealkylation sites (N-methyl/N-ethyl adjacent to an activating group) is 2. The maximum Gasteiger partial charge on any atom is 0.0973 e. The van der Waals surface area contributed by atoms with Crippen LogP contribution in [-0.2, 0) is 6.54 Å². The zero-order valence-corrected chi connectivity index (χ0v) is 10.8. The van der Waals surface area contributed by atoms with Gasteiger partial charge in [0.1, 0.15) is 0 Å². The van der Waals surface area contributed by atoms with E-state index >= 15 is 0 Å². The molecule has 0 amide bonds. The quantitative estimate of drug-likeness (QED) is 0.869. The molecule has 0 spiro atoms. The first-order chi connectivity index (χ1) is 6.24. The van der Waals surface area contributed by atoms with Gasteiger partial charge >= 0.3 is 0 Å². The second kappa shape index (κ2) is 7.49. The van der Waals surface area contributed by atoms with Gasteiger partial charge in [0.05, 0.1) is 4.34 Å². The Bertz CT molecular complexity index is 253. The van der Waals surface area contributed by atoms with Gasteiger partial charge in [0.25, 0.3) is 0 Å². The van der Waals surface area contributed by atoms with Crippen LogP contribution in [0.3, 0.4) is 0 Å². The standard InChI is InChI=1S/C9H15ClN2S.ClH/c1-11-4-5-12(2)7-8-3-6-13-9(8)10;/h3,6,11H,4-5,7H2,1-2H3;1H. The normalized spacial score (nSPS) is 10.3. The summed E-state index contributed by atoms with van der Waals surface area (Å²) in [5.41, 5.74) is 1.23. The van der Waals surface area contributed by atoms with E-state index in [1.54, 1.807) is 11.3 Å². The van der Waals surface area contributed by atoms with Gasteiger partial charge in [0, 0.05) is 19.6 Å². The van der Waals surface area contributed by atoms with Gasteiger partial charge in [0.2, 0.25) is 0 Å². The molecule has 0 bridgehead atoms. The van der Waals surface area contributed by atoms with Gasteiger partial charge in [-0.25, -0.2) is 0 Å². The van der Waals surface area contributed by atoms with Crippen LogP contribution in [0.15, 0.2) is 11.4 Å². The first kappa shape index (κ1) is 14.2. The highest BCUT2D eigenvalue weighted by molar-refractivity contribution is 7.14. The van der Waals surface area contributed by atoms with Crippen molar-refractivity contribution in [2.24, 2.45) is 0 Å². The SMILES string of the molecule is CNCCN(C)Cc1ccsc1Cl.Cl. The lowest BCUT2D eigenvalue weighted by atomic mass is 10.3. The Morgan fingerprint density at radius 3 is 2.79 bits per heavy atom. The first-order valence-electron chi connectivity index (χ1n) is 4.29. The number of halogens is 2. The van der Waals surface area contributed by atoms with Gasteiger partial charge in [0.15, 0.2) is 0 Å². The molecule has 0 aliphatic heterocycles. The topological polar surface area (TPSA) is 15.3 Å². The third-order valence-electron chi connectivity index (χ3n) is 1.88. The first-order valence-corrected chi connectivity index (χ1v) is 5.55. The number of nitrogens with one attached hydrogen (secondary N) is 1. The zero-order chi connectivity index (χ0) is 9.68. The maximum atomic E-state index is 5.99. The minimum absolute atomic E-state index is 0. The average molecular weight is 255 g/mol. The summed E-state index contributed by atoms with van der Waals surface area (Å²) < 4.78 is 0.913. The lowest BCUT2D eigenvalue weighted by molar-refractivity contribution is 0.328. The van der Waals surface area contributed by atoms with Crippen LogP contribution in [0.25, 0.3) is 0 Å². The molecule has 14 heavy (non-hydrogen) atoms. The fourth-order valence-electron chi connectivity index (χ4n) is 1.10. The molecule has 5 heteroatoms. The van der Waals surface area contributed by atoms with Crippen molar-refractivity contribution in [3.8, 4) is 0 Å². The number of hydrogen-bond donors (Lipinski definition) is 1. The molecule has 0 unspecified atom stereocenters. The van der Waals surface area contributed by atoms with Gasteiger partial charge in [-0.15, -0.1) is 23.7 Å². The van der Waals surface area contributed by atoms with Gasteiger partial charge in [-0.2, -0.15) is 0 Å². The smallest absolute Gasteiger partial charge is 0.0973 e. The van der Waals surface area contributed by atoms with Crippen LogP contribution in [0, 0.1) is 0 Å². The Labute approximate surface area is 101 Å². The van der Waals surface area contributed by atoms with E-state index in [0.717, 1.165) is 24.0 Å². The van der Waals surface area contributed by atoms with E-state index < -0.39 is 0 Å². The summed E-state index contributed by atoms with van der Waals surface area (Å²) in [4.78, 5) is 2.25. The monoisotopic (exact) mass is 254 g/mol. The molecule has 0 aromatic carbocycles. The molecule has 0 aliphatic carbocycles. The molecule has 0 saturated carbocycles. The van der Waals surface area contributed by atoms with Gasteiger partial charge in [-0.05, 0) is 31.1 Å². The minimum Gasteiger partial charge on any atom is -0.318 e. The van der Waals surface area contributed by atoms with Crippen molar-refractivity contribution >= 4 is 35.3 Å². The van der Waals surface area contributed by atoms with Gasteiger partial charge in [-0.3, -0.25) is 0 Å². The molecular weight excluding hydrogens is 239 g/mol. The predicted molar refractivity (Wildman–Crippen MR) is 66.8 cm³/mol. The fourth-order valence-corrected chi connectivity index (χ4v) is 2.02. The molecule has 0 fully saturated rings. The second-order valence-electron chi connectivity index (χ2n) is 3.06. The Kier molecular flexibility index (Phi) is 7.59. The molecular formula is C9H16Cl2N2S. The summed E-state index contributed by atoms with van der Waals surface area (Å²) in [7, 11) is 4.07. The summed E-state index contributed by atoms with van der Waals surface area (Å²) in [5, 5.41) is 5.15. The molecule has 2 nitrogen and oxygen atoms in total. The molecule has 1 N–H and O–H groups in total. The summed E-state index contributed by atoms with van der Waals surface area (Å²) in [6, 6.07) is 2.09. The summed E-state index contributed by atoms with van der Waals surface area (Å²) in [5.74, 6) is 0. The predicted octanol–water partition coefficient (Wildman–Crippen LogP) is 2.47. The van der Waals surface area contributed by atoms with E-state index in [2.05, 4.69) is 23.3 Å². The van der Waals surface area contributed by atoms with Crippen LogP contribution in [0.5, 0.6) is 0 Å². The van der Waals surface area contributed by atoms with Crippen LogP contribution >= 0.6 is 35.3 Å². The van der Waals surface area contributed by atoms with E-state index in [4.69, 9.17) is 11.6 Å². The van der Waals surface area contributed by atoms with E-state index in [1.165, 1.54) is 5.56 Å². The van der Waals surface area contributed by atoms with Crippen LogP contribution in [0.1, 0.15) is 5.56 Å². The van der Waals surface area contributed by atoms with Crippen LogP contribution < -0.4 is 5.32 Å². The van der Waals surface area contributed by atoms with E-state index in [-0.39, 0.29) is 12.4 Å². The number of thiophene rings is 1. The molecule has 82 valence electrons. The highest BCUT2D eigenvalue weighted by Gasteiger charge is 2.04. The molecule has 1 rings (SSSR count). The highest BCUT2D eigenvalue weighted by Crippen LogP contribution is 2.23. The minimum atomic E-state index is 0. The van der Waals surface area contributed by atoms with Crippen molar-refractivity contribution in [3.05, 3.63) is 21.3 Å². The lowest BCUT2D eigenvalue weighted by Crippen LogP contribution is -2.26. The molecule has 1 aromatic rings. The number of nitrogens with zero attached hydrogens (tertiary/aromatic N) is 1. The van der Waals surface area contributed by atoms with Crippen molar-refractivity contribution in [3.63, 3.8) is 0 Å². The molecule has 0 radical (unpaired) electrons. The third-order valence-corrected chi connectivity index (χ3v) is 3.13. The highest BCUT2D eigenvalue weighted by atomic mass is 35.5. The lowest BCUT2D eigenvalue weighted by Gasteiger charge is -2.15. The number of rotatable bonds is 5. The summed E-state index contributed by atoms with van der Waals surface area (Å²) in [6.07, 6.45) is 0. The van der Waals surface area contributed by atoms with Crippen molar-refractivity contribution in [1.82, 2.24) is 10.2 Å². The van der Waals surface area contributed by atoms with E-state index in [1.807, 2.05) is 12.4 Å². The Morgan fingerprint density at radius 1 is 1.57 bits per heavy atom. The fraction of sp³-hybridized carbons (Fsp3) is 0.556. The van der Waals surface area contributed by atoms with E-state index in [9.17, 15) is 0 Å². The van der Waals surface area contributed by atoms with Crippen molar-refractivity contribution in [2.45, 2.75) is 6.54 Å². The van der Waals surface area contributed by atoms with E-state index in [0.29, 0.717) is 0 Å². The average Bonchev–Trinajstić information content (AvgIpc) is 2.48. The Hall–Kier alpha value is 0.200. The molecule has 0 saturated heterocycles. The molecule has 1 aromatic heterocycles. The van der Waals surface area contributed by atoms with Crippen LogP contribution in [0.2, 0.25) is 4.34 Å². The molecule has 0 atom stereocenters. The van der Waals surface area contributed by atoms with Crippen LogP contribution in [-0.4, -0.2) is 32.1 Å². The van der Waals surface area contributed by atoms with Crippen molar-refractivity contribution in [1.29, 1.82) is 0 Å². The summed E-state index contributed by atoms with van der Waals surface area (Å²) >= 11 is 7.59.